The Hall–Kier alpha value is -1.19. The third-order valence-electron chi connectivity index (χ3n) is 2.61. The van der Waals surface area contributed by atoms with Gasteiger partial charge in [0.05, 0.1) is 12.1 Å². The smallest absolute Gasteiger partial charge is 0.125 e. The number of nitrogens with zero attached hydrogens (tertiary/aromatic N) is 2. The van der Waals surface area contributed by atoms with E-state index in [-0.39, 0.29) is 0 Å². The quantitative estimate of drug-likeness (QED) is 0.780. The van der Waals surface area contributed by atoms with Crippen molar-refractivity contribution in [1.82, 2.24) is 9.78 Å². The van der Waals surface area contributed by atoms with Crippen molar-refractivity contribution in [2.75, 3.05) is 0 Å². The standard InChI is InChI=1S/C13H14Cl2N2O/c1-2-17-8-10(7-16-17)9-18-13-5-3-4-12(15)11(13)6-14/h3-5,7-8H,2,6,9H2,1H3. The van der Waals surface area contributed by atoms with E-state index in [2.05, 4.69) is 5.10 Å². The Kier molecular flexibility index (Phi) is 4.50. The van der Waals surface area contributed by atoms with E-state index in [9.17, 15) is 0 Å². The second kappa shape index (κ2) is 6.12. The maximum absolute atomic E-state index is 6.06. The largest absolute Gasteiger partial charge is 0.488 e. The molecule has 3 nitrogen and oxygen atoms in total. The summed E-state index contributed by atoms with van der Waals surface area (Å²) in [6.45, 7) is 3.36. The molecule has 0 bridgehead atoms. The average molecular weight is 285 g/mol. The van der Waals surface area contributed by atoms with E-state index < -0.39 is 0 Å². The zero-order chi connectivity index (χ0) is 13.0. The van der Waals surface area contributed by atoms with Crippen molar-refractivity contribution in [3.63, 3.8) is 0 Å². The van der Waals surface area contributed by atoms with Crippen LogP contribution in [-0.4, -0.2) is 9.78 Å². The third-order valence-corrected chi connectivity index (χ3v) is 3.24. The monoisotopic (exact) mass is 284 g/mol. The van der Waals surface area contributed by atoms with Crippen LogP contribution in [0.1, 0.15) is 18.1 Å². The molecule has 5 heteroatoms. The maximum atomic E-state index is 6.06. The fraction of sp³-hybridized carbons (Fsp3) is 0.308. The molecule has 1 aromatic heterocycles. The van der Waals surface area contributed by atoms with Crippen LogP contribution in [0, 0.1) is 0 Å². The van der Waals surface area contributed by atoms with E-state index in [0.717, 1.165) is 23.4 Å². The molecule has 0 spiro atoms. The first kappa shape index (κ1) is 13.2. The van der Waals surface area contributed by atoms with Crippen LogP contribution in [0.25, 0.3) is 0 Å². The van der Waals surface area contributed by atoms with Crippen molar-refractivity contribution in [2.45, 2.75) is 26.0 Å². The van der Waals surface area contributed by atoms with Crippen molar-refractivity contribution in [3.8, 4) is 5.75 Å². The zero-order valence-electron chi connectivity index (χ0n) is 10.1. The summed E-state index contributed by atoms with van der Waals surface area (Å²) in [5, 5.41) is 4.82. The summed E-state index contributed by atoms with van der Waals surface area (Å²) < 4.78 is 7.59. The zero-order valence-corrected chi connectivity index (χ0v) is 11.6. The number of hydrogen-bond acceptors (Lipinski definition) is 2. The summed E-state index contributed by atoms with van der Waals surface area (Å²) in [5.41, 5.74) is 1.85. The molecule has 96 valence electrons. The molecule has 2 rings (SSSR count). The van der Waals surface area contributed by atoms with Gasteiger partial charge in [-0.1, -0.05) is 17.7 Å². The van der Waals surface area contributed by atoms with E-state index >= 15 is 0 Å². The lowest BCUT2D eigenvalue weighted by Gasteiger charge is -2.10. The minimum Gasteiger partial charge on any atom is -0.488 e. The number of rotatable bonds is 5. The van der Waals surface area contributed by atoms with Crippen LogP contribution in [0.3, 0.4) is 0 Å². The van der Waals surface area contributed by atoms with E-state index in [0.29, 0.717) is 17.5 Å². The maximum Gasteiger partial charge on any atom is 0.125 e. The highest BCUT2D eigenvalue weighted by Gasteiger charge is 2.07. The van der Waals surface area contributed by atoms with Crippen molar-refractivity contribution in [3.05, 3.63) is 46.7 Å². The van der Waals surface area contributed by atoms with Gasteiger partial charge in [-0.05, 0) is 19.1 Å². The van der Waals surface area contributed by atoms with Crippen LogP contribution >= 0.6 is 23.2 Å². The Morgan fingerprint density at radius 3 is 2.89 bits per heavy atom. The molecule has 18 heavy (non-hydrogen) atoms. The normalized spacial score (nSPS) is 10.6. The Morgan fingerprint density at radius 2 is 2.22 bits per heavy atom. The highest BCUT2D eigenvalue weighted by molar-refractivity contribution is 6.32. The lowest BCUT2D eigenvalue weighted by Crippen LogP contribution is -1.98. The first-order valence-corrected chi connectivity index (χ1v) is 6.63. The third kappa shape index (κ3) is 2.98. The first-order valence-electron chi connectivity index (χ1n) is 5.72. The Bertz CT molecular complexity index is 525. The summed E-state index contributed by atoms with van der Waals surface area (Å²) in [6, 6.07) is 5.53. The van der Waals surface area contributed by atoms with Gasteiger partial charge in [0.25, 0.3) is 0 Å². The molecule has 0 N–H and O–H groups in total. The van der Waals surface area contributed by atoms with Crippen LogP contribution in [0.5, 0.6) is 5.75 Å². The highest BCUT2D eigenvalue weighted by Crippen LogP contribution is 2.28. The van der Waals surface area contributed by atoms with Gasteiger partial charge in [-0.15, -0.1) is 11.6 Å². The number of ether oxygens (including phenoxy) is 1. The second-order valence-corrected chi connectivity index (χ2v) is 4.52. The molecule has 0 aliphatic rings. The van der Waals surface area contributed by atoms with E-state index in [4.69, 9.17) is 27.9 Å². The Labute approximate surface area is 116 Å². The molecule has 0 atom stereocenters. The number of aromatic nitrogens is 2. The predicted octanol–water partition coefficient (Wildman–Crippen LogP) is 3.87. The number of benzene rings is 1. The van der Waals surface area contributed by atoms with Gasteiger partial charge in [-0.25, -0.2) is 0 Å². The molecule has 0 amide bonds. The summed E-state index contributed by atoms with van der Waals surface area (Å²) in [4.78, 5) is 0. The topological polar surface area (TPSA) is 27.1 Å². The van der Waals surface area contributed by atoms with Gasteiger partial charge in [0, 0.05) is 28.9 Å². The summed E-state index contributed by atoms with van der Waals surface area (Å²) in [7, 11) is 0. The molecule has 0 saturated carbocycles. The molecule has 0 saturated heterocycles. The molecular formula is C13H14Cl2N2O. The van der Waals surface area contributed by atoms with Gasteiger partial charge in [0.2, 0.25) is 0 Å². The molecule has 1 heterocycles. The number of aryl methyl sites for hydroxylation is 1. The van der Waals surface area contributed by atoms with Crippen LogP contribution in [0.2, 0.25) is 5.02 Å². The predicted molar refractivity (Wildman–Crippen MR) is 73.2 cm³/mol. The minimum absolute atomic E-state index is 0.337. The molecule has 0 unspecified atom stereocenters. The lowest BCUT2D eigenvalue weighted by atomic mass is 10.2. The molecule has 0 aliphatic carbocycles. The molecular weight excluding hydrogens is 271 g/mol. The molecule has 1 aromatic carbocycles. The van der Waals surface area contributed by atoms with E-state index in [1.165, 1.54) is 0 Å². The summed E-state index contributed by atoms with van der Waals surface area (Å²) in [5.74, 6) is 1.06. The fourth-order valence-electron chi connectivity index (χ4n) is 1.62. The second-order valence-electron chi connectivity index (χ2n) is 3.84. The molecule has 0 aliphatic heterocycles. The van der Waals surface area contributed by atoms with Crippen LogP contribution < -0.4 is 4.74 Å². The summed E-state index contributed by atoms with van der Waals surface area (Å²) >= 11 is 11.9. The molecule has 0 radical (unpaired) electrons. The van der Waals surface area contributed by atoms with Gasteiger partial charge in [-0.3, -0.25) is 4.68 Å². The van der Waals surface area contributed by atoms with Crippen molar-refractivity contribution in [2.24, 2.45) is 0 Å². The van der Waals surface area contributed by atoms with Gasteiger partial charge in [0.15, 0.2) is 0 Å². The highest BCUT2D eigenvalue weighted by atomic mass is 35.5. The van der Waals surface area contributed by atoms with Crippen molar-refractivity contribution in [1.29, 1.82) is 0 Å². The Balaban J connectivity index is 2.08. The first-order chi connectivity index (χ1) is 8.74. The lowest BCUT2D eigenvalue weighted by molar-refractivity contribution is 0.303. The number of hydrogen-bond donors (Lipinski definition) is 0. The van der Waals surface area contributed by atoms with Crippen LogP contribution in [0.15, 0.2) is 30.6 Å². The van der Waals surface area contributed by atoms with Crippen molar-refractivity contribution >= 4 is 23.2 Å². The SMILES string of the molecule is CCn1cc(COc2cccc(Cl)c2CCl)cn1. The minimum atomic E-state index is 0.337. The number of alkyl halides is 1. The molecule has 0 fully saturated rings. The van der Waals surface area contributed by atoms with Crippen LogP contribution in [0.4, 0.5) is 0 Å². The van der Waals surface area contributed by atoms with Crippen LogP contribution in [-0.2, 0) is 19.0 Å². The fourth-order valence-corrected chi connectivity index (χ4v) is 2.20. The van der Waals surface area contributed by atoms with Crippen molar-refractivity contribution < 1.29 is 4.74 Å². The summed E-state index contributed by atoms with van der Waals surface area (Å²) in [6.07, 6.45) is 3.76. The van der Waals surface area contributed by atoms with Gasteiger partial charge < -0.3 is 4.74 Å². The van der Waals surface area contributed by atoms with Gasteiger partial charge in [0.1, 0.15) is 12.4 Å². The molecule has 2 aromatic rings. The average Bonchev–Trinajstić information content (AvgIpc) is 2.84. The van der Waals surface area contributed by atoms with E-state index in [1.807, 2.05) is 29.9 Å². The van der Waals surface area contributed by atoms with E-state index in [1.54, 1.807) is 12.3 Å². The Morgan fingerprint density at radius 1 is 1.39 bits per heavy atom. The van der Waals surface area contributed by atoms with Gasteiger partial charge in [-0.2, -0.15) is 5.10 Å². The van der Waals surface area contributed by atoms with Gasteiger partial charge >= 0.3 is 0 Å². The number of halogens is 2.